The number of hydrogen-bond acceptors (Lipinski definition) is 3. The minimum atomic E-state index is 0.632. The molecule has 0 bridgehead atoms. The first-order valence-corrected chi connectivity index (χ1v) is 5.41. The molecule has 0 fully saturated rings. The van der Waals surface area contributed by atoms with E-state index in [1.54, 1.807) is 6.07 Å². The van der Waals surface area contributed by atoms with Gasteiger partial charge in [-0.15, -0.1) is 0 Å². The first kappa shape index (κ1) is 11.2. The highest BCUT2D eigenvalue weighted by molar-refractivity contribution is 5.67. The Balaban J connectivity index is 2.35. The minimum Gasteiger partial charge on any atom is -0.353 e. The van der Waals surface area contributed by atoms with Crippen LogP contribution in [0, 0.1) is 25.2 Å². The summed E-state index contributed by atoms with van der Waals surface area (Å²) in [6.45, 7) is 3.91. The van der Waals surface area contributed by atoms with Crippen LogP contribution < -0.4 is 5.32 Å². The third-order valence-corrected chi connectivity index (χ3v) is 2.54. The van der Waals surface area contributed by atoms with E-state index in [0.29, 0.717) is 5.56 Å². The van der Waals surface area contributed by atoms with Crippen molar-refractivity contribution in [3.63, 3.8) is 0 Å². The smallest absolute Gasteiger partial charge is 0.101 e. The zero-order chi connectivity index (χ0) is 12.3. The van der Waals surface area contributed by atoms with Gasteiger partial charge in [-0.05, 0) is 38.1 Å². The predicted molar refractivity (Wildman–Crippen MR) is 68.2 cm³/mol. The fraction of sp³-hybridized carbons (Fsp3) is 0.143. The highest BCUT2D eigenvalue weighted by atomic mass is 14.9. The van der Waals surface area contributed by atoms with Crippen LogP contribution in [0.4, 0.5) is 11.4 Å². The number of hydrogen-bond donors (Lipinski definition) is 1. The van der Waals surface area contributed by atoms with E-state index in [-0.39, 0.29) is 0 Å². The average Bonchev–Trinajstić information content (AvgIpc) is 2.33. The molecule has 1 N–H and O–H groups in total. The number of aryl methyl sites for hydroxylation is 2. The van der Waals surface area contributed by atoms with Gasteiger partial charge in [0.1, 0.15) is 6.07 Å². The maximum absolute atomic E-state index is 9.00. The van der Waals surface area contributed by atoms with Crippen molar-refractivity contribution in [1.82, 2.24) is 4.98 Å². The van der Waals surface area contributed by atoms with Crippen molar-refractivity contribution in [3.05, 3.63) is 53.3 Å². The fourth-order valence-corrected chi connectivity index (χ4v) is 1.65. The lowest BCUT2D eigenvalue weighted by Crippen LogP contribution is -1.98. The van der Waals surface area contributed by atoms with Crippen molar-refractivity contribution in [2.24, 2.45) is 0 Å². The normalized spacial score (nSPS) is 9.71. The van der Waals surface area contributed by atoms with Crippen LogP contribution in [0.3, 0.4) is 0 Å². The Hall–Kier alpha value is -2.34. The number of nitrogens with one attached hydrogen (secondary N) is 1. The zero-order valence-corrected chi connectivity index (χ0v) is 9.86. The number of rotatable bonds is 2. The maximum Gasteiger partial charge on any atom is 0.101 e. The third-order valence-electron chi connectivity index (χ3n) is 2.54. The van der Waals surface area contributed by atoms with E-state index < -0.39 is 0 Å². The largest absolute Gasteiger partial charge is 0.353 e. The molecule has 1 heterocycles. The summed E-state index contributed by atoms with van der Waals surface area (Å²) in [7, 11) is 0. The number of para-hydroxylation sites is 1. The lowest BCUT2D eigenvalue weighted by atomic mass is 10.2. The molecule has 0 saturated carbocycles. The quantitative estimate of drug-likeness (QED) is 0.849. The molecule has 84 valence electrons. The molecule has 0 saturated heterocycles. The fourth-order valence-electron chi connectivity index (χ4n) is 1.65. The van der Waals surface area contributed by atoms with Crippen LogP contribution in [0.15, 0.2) is 36.4 Å². The Kier molecular flexibility index (Phi) is 3.06. The van der Waals surface area contributed by atoms with E-state index in [4.69, 9.17) is 5.26 Å². The molecular formula is C14H13N3. The van der Waals surface area contributed by atoms with E-state index >= 15 is 0 Å². The summed E-state index contributed by atoms with van der Waals surface area (Å²) in [6, 6.07) is 13.5. The molecule has 2 rings (SSSR count). The van der Waals surface area contributed by atoms with Gasteiger partial charge in [0.25, 0.3) is 0 Å². The molecule has 17 heavy (non-hydrogen) atoms. The monoisotopic (exact) mass is 223 g/mol. The zero-order valence-electron chi connectivity index (χ0n) is 9.86. The van der Waals surface area contributed by atoms with Crippen LogP contribution in [0.1, 0.15) is 17.0 Å². The van der Waals surface area contributed by atoms with Gasteiger partial charge >= 0.3 is 0 Å². The molecule has 1 aromatic heterocycles. The second kappa shape index (κ2) is 4.67. The summed E-state index contributed by atoms with van der Waals surface area (Å²) < 4.78 is 0. The van der Waals surface area contributed by atoms with Crippen molar-refractivity contribution < 1.29 is 0 Å². The van der Waals surface area contributed by atoms with Gasteiger partial charge in [0.2, 0.25) is 0 Å². The van der Waals surface area contributed by atoms with Crippen LogP contribution in [0.5, 0.6) is 0 Å². The number of pyridine rings is 1. The van der Waals surface area contributed by atoms with Crippen molar-refractivity contribution in [2.75, 3.05) is 5.32 Å². The first-order chi connectivity index (χ1) is 8.20. The van der Waals surface area contributed by atoms with Crippen molar-refractivity contribution in [2.45, 2.75) is 13.8 Å². The lowest BCUT2D eigenvalue weighted by molar-refractivity contribution is 1.12. The molecule has 0 aliphatic rings. The summed E-state index contributed by atoms with van der Waals surface area (Å²) in [5.41, 5.74) is 4.29. The van der Waals surface area contributed by atoms with Gasteiger partial charge in [0.15, 0.2) is 0 Å². The molecule has 2 aromatic rings. The summed E-state index contributed by atoms with van der Waals surface area (Å²) in [5, 5.41) is 12.2. The van der Waals surface area contributed by atoms with Crippen LogP contribution in [0.2, 0.25) is 0 Å². The molecule has 0 spiro atoms. The highest BCUT2D eigenvalue weighted by Gasteiger charge is 2.03. The van der Waals surface area contributed by atoms with Crippen LogP contribution in [0.25, 0.3) is 0 Å². The van der Waals surface area contributed by atoms with Crippen LogP contribution in [-0.2, 0) is 0 Å². The van der Waals surface area contributed by atoms with Gasteiger partial charge in [-0.1, -0.05) is 12.1 Å². The molecule has 0 aliphatic heterocycles. The first-order valence-electron chi connectivity index (χ1n) is 5.41. The highest BCUT2D eigenvalue weighted by Crippen LogP contribution is 2.22. The molecular weight excluding hydrogens is 210 g/mol. The molecule has 1 aromatic carbocycles. The molecule has 0 atom stereocenters. The van der Waals surface area contributed by atoms with Gasteiger partial charge in [-0.3, -0.25) is 4.98 Å². The van der Waals surface area contributed by atoms with Crippen molar-refractivity contribution in [3.8, 4) is 6.07 Å². The minimum absolute atomic E-state index is 0.632. The van der Waals surface area contributed by atoms with E-state index in [2.05, 4.69) is 16.4 Å². The van der Waals surface area contributed by atoms with Gasteiger partial charge in [0, 0.05) is 5.69 Å². The number of nitriles is 1. The van der Waals surface area contributed by atoms with Gasteiger partial charge in [-0.2, -0.15) is 5.26 Å². The Bertz CT molecular complexity index is 582. The summed E-state index contributed by atoms with van der Waals surface area (Å²) in [6.07, 6.45) is 0. The standard InChI is InChI=1S/C14H13N3/c1-10-7-8-13(11(2)16-10)17-14-6-4-3-5-12(14)9-15/h3-8,17H,1-2H3. The summed E-state index contributed by atoms with van der Waals surface area (Å²) in [5.74, 6) is 0. The van der Waals surface area contributed by atoms with E-state index in [1.165, 1.54) is 0 Å². The second-order valence-corrected chi connectivity index (χ2v) is 3.87. The average molecular weight is 223 g/mol. The molecule has 3 heteroatoms. The molecule has 0 unspecified atom stereocenters. The van der Waals surface area contributed by atoms with Gasteiger partial charge in [0.05, 0.1) is 22.6 Å². The number of benzene rings is 1. The van der Waals surface area contributed by atoms with Crippen molar-refractivity contribution in [1.29, 1.82) is 5.26 Å². The van der Waals surface area contributed by atoms with E-state index in [0.717, 1.165) is 22.8 Å². The SMILES string of the molecule is Cc1ccc(Nc2ccccc2C#N)c(C)n1. The number of anilines is 2. The van der Waals surface area contributed by atoms with E-state index in [1.807, 2.05) is 44.2 Å². The summed E-state index contributed by atoms with van der Waals surface area (Å²) >= 11 is 0. The Labute approximate surface area is 101 Å². The molecule has 3 nitrogen and oxygen atoms in total. The third kappa shape index (κ3) is 2.43. The Morgan fingerprint density at radius 1 is 1.06 bits per heavy atom. The predicted octanol–water partition coefficient (Wildman–Crippen LogP) is 3.31. The maximum atomic E-state index is 9.00. The lowest BCUT2D eigenvalue weighted by Gasteiger charge is -2.10. The number of aromatic nitrogens is 1. The second-order valence-electron chi connectivity index (χ2n) is 3.87. The number of nitrogens with zero attached hydrogens (tertiary/aromatic N) is 2. The topological polar surface area (TPSA) is 48.7 Å². The van der Waals surface area contributed by atoms with Crippen LogP contribution >= 0.6 is 0 Å². The summed E-state index contributed by atoms with van der Waals surface area (Å²) in [4.78, 5) is 4.38. The van der Waals surface area contributed by atoms with Crippen molar-refractivity contribution >= 4 is 11.4 Å². The van der Waals surface area contributed by atoms with Gasteiger partial charge in [-0.25, -0.2) is 0 Å². The molecule has 0 aliphatic carbocycles. The Morgan fingerprint density at radius 2 is 1.82 bits per heavy atom. The van der Waals surface area contributed by atoms with E-state index in [9.17, 15) is 0 Å². The molecule has 0 amide bonds. The molecule has 0 radical (unpaired) electrons. The van der Waals surface area contributed by atoms with Gasteiger partial charge < -0.3 is 5.32 Å². The van der Waals surface area contributed by atoms with Crippen LogP contribution in [-0.4, -0.2) is 4.98 Å². The Morgan fingerprint density at radius 3 is 2.53 bits per heavy atom.